The molecular formula is C13H20N6OS. The summed E-state index contributed by atoms with van der Waals surface area (Å²) < 4.78 is 5.32. The van der Waals surface area contributed by atoms with Gasteiger partial charge < -0.3 is 20.1 Å². The molecule has 3 heterocycles. The normalized spacial score (nSPS) is 21.0. The molecule has 0 aliphatic carbocycles. The van der Waals surface area contributed by atoms with Crippen molar-refractivity contribution in [3.63, 3.8) is 0 Å². The van der Waals surface area contributed by atoms with Crippen LogP contribution in [0.25, 0.3) is 11.6 Å². The fourth-order valence-corrected chi connectivity index (χ4v) is 3.12. The first-order valence-corrected chi connectivity index (χ1v) is 7.90. The molecule has 0 bridgehead atoms. The summed E-state index contributed by atoms with van der Waals surface area (Å²) in [7, 11) is 4.29. The van der Waals surface area contributed by atoms with Gasteiger partial charge in [0, 0.05) is 44.0 Å². The topological polar surface area (TPSA) is 84.3 Å². The minimum atomic E-state index is 0.421. The average molecular weight is 308 g/mol. The van der Waals surface area contributed by atoms with E-state index >= 15 is 0 Å². The molecule has 0 saturated carbocycles. The number of nitrogens with two attached hydrogens (primary N) is 1. The molecule has 1 unspecified atom stereocenters. The van der Waals surface area contributed by atoms with Crippen LogP contribution in [-0.4, -0.2) is 64.7 Å². The first-order valence-electron chi connectivity index (χ1n) is 7.02. The maximum Gasteiger partial charge on any atom is 0.277 e. The van der Waals surface area contributed by atoms with Crippen LogP contribution < -0.4 is 5.73 Å². The van der Waals surface area contributed by atoms with E-state index in [1.54, 1.807) is 0 Å². The van der Waals surface area contributed by atoms with Crippen LogP contribution in [0.4, 0.5) is 0 Å². The SMILES string of the molecule is CN1CCN(C)C(Cc2noc(-c3csc(CN)n3)n2)C1. The molecule has 0 radical (unpaired) electrons. The van der Waals surface area contributed by atoms with Crippen molar-refractivity contribution >= 4 is 11.3 Å². The molecule has 3 rings (SSSR count). The van der Waals surface area contributed by atoms with Gasteiger partial charge in [-0.05, 0) is 14.1 Å². The first kappa shape index (κ1) is 14.6. The summed E-state index contributed by atoms with van der Waals surface area (Å²) in [6, 6.07) is 0.421. The number of rotatable bonds is 4. The number of piperazine rings is 1. The minimum absolute atomic E-state index is 0.421. The molecule has 0 amide bonds. The fourth-order valence-electron chi connectivity index (χ4n) is 2.48. The molecule has 8 heteroatoms. The van der Waals surface area contributed by atoms with E-state index in [0.717, 1.165) is 36.9 Å². The highest BCUT2D eigenvalue weighted by Crippen LogP contribution is 2.20. The van der Waals surface area contributed by atoms with Gasteiger partial charge in [-0.1, -0.05) is 5.16 Å². The standard InChI is InChI=1S/C13H20N6OS/c1-18-3-4-19(2)9(7-18)5-11-16-13(20-17-11)10-8-21-12(6-14)15-10/h8-9H,3-7,14H2,1-2H3. The lowest BCUT2D eigenvalue weighted by atomic mass is 10.1. The third kappa shape index (κ3) is 3.29. The molecule has 0 aromatic carbocycles. The number of aromatic nitrogens is 3. The average Bonchev–Trinajstić information content (AvgIpc) is 3.11. The summed E-state index contributed by atoms with van der Waals surface area (Å²) in [6.45, 7) is 3.63. The third-order valence-electron chi connectivity index (χ3n) is 3.81. The van der Waals surface area contributed by atoms with Gasteiger partial charge in [-0.2, -0.15) is 4.98 Å². The van der Waals surface area contributed by atoms with Crippen molar-refractivity contribution in [3.8, 4) is 11.6 Å². The second kappa shape index (κ2) is 6.18. The zero-order valence-electron chi connectivity index (χ0n) is 12.3. The maximum atomic E-state index is 5.57. The van der Waals surface area contributed by atoms with Crippen molar-refractivity contribution in [1.29, 1.82) is 0 Å². The number of likely N-dealkylation sites (N-methyl/N-ethyl adjacent to an activating group) is 2. The Balaban J connectivity index is 1.70. The van der Waals surface area contributed by atoms with Gasteiger partial charge in [-0.3, -0.25) is 0 Å². The molecule has 7 nitrogen and oxygen atoms in total. The van der Waals surface area contributed by atoms with Crippen LogP contribution in [0.1, 0.15) is 10.8 Å². The fraction of sp³-hybridized carbons (Fsp3) is 0.615. The van der Waals surface area contributed by atoms with Gasteiger partial charge in [0.05, 0.1) is 0 Å². The van der Waals surface area contributed by atoms with Crippen molar-refractivity contribution < 1.29 is 4.52 Å². The van der Waals surface area contributed by atoms with E-state index in [9.17, 15) is 0 Å². The Bertz CT molecular complexity index is 597. The molecule has 21 heavy (non-hydrogen) atoms. The van der Waals surface area contributed by atoms with Gasteiger partial charge in [0.15, 0.2) is 5.82 Å². The molecular weight excluding hydrogens is 288 g/mol. The summed E-state index contributed by atoms with van der Waals surface area (Å²) in [5.41, 5.74) is 6.29. The van der Waals surface area contributed by atoms with Crippen molar-refractivity contribution in [2.75, 3.05) is 33.7 Å². The highest BCUT2D eigenvalue weighted by atomic mass is 32.1. The summed E-state index contributed by atoms with van der Waals surface area (Å²) in [5.74, 6) is 1.22. The number of hydrogen-bond donors (Lipinski definition) is 1. The second-order valence-electron chi connectivity index (χ2n) is 5.45. The van der Waals surface area contributed by atoms with E-state index in [-0.39, 0.29) is 0 Å². The van der Waals surface area contributed by atoms with Crippen LogP contribution in [-0.2, 0) is 13.0 Å². The Morgan fingerprint density at radius 1 is 1.38 bits per heavy atom. The summed E-state index contributed by atoms with van der Waals surface area (Å²) in [6.07, 6.45) is 0.790. The third-order valence-corrected chi connectivity index (χ3v) is 4.68. The Hall–Kier alpha value is -1.35. The Labute approximate surface area is 127 Å². The van der Waals surface area contributed by atoms with Crippen LogP contribution in [0, 0.1) is 0 Å². The van der Waals surface area contributed by atoms with Crippen LogP contribution >= 0.6 is 11.3 Å². The van der Waals surface area contributed by atoms with E-state index in [1.165, 1.54) is 11.3 Å². The van der Waals surface area contributed by atoms with Crippen LogP contribution in [0.3, 0.4) is 0 Å². The molecule has 1 atom stereocenters. The van der Waals surface area contributed by atoms with Gasteiger partial charge >= 0.3 is 0 Å². The van der Waals surface area contributed by atoms with Gasteiger partial charge in [-0.15, -0.1) is 11.3 Å². The Morgan fingerprint density at radius 2 is 2.24 bits per heavy atom. The summed E-state index contributed by atoms with van der Waals surface area (Å²) in [4.78, 5) is 13.5. The minimum Gasteiger partial charge on any atom is -0.332 e. The second-order valence-corrected chi connectivity index (χ2v) is 6.39. The van der Waals surface area contributed by atoms with Crippen molar-refractivity contribution in [2.45, 2.75) is 19.0 Å². The lowest BCUT2D eigenvalue weighted by Crippen LogP contribution is -2.50. The lowest BCUT2D eigenvalue weighted by Gasteiger charge is -2.37. The Kier molecular flexibility index (Phi) is 4.29. The first-order chi connectivity index (χ1) is 10.2. The quantitative estimate of drug-likeness (QED) is 0.877. The van der Waals surface area contributed by atoms with Gasteiger partial charge in [-0.25, -0.2) is 4.98 Å². The van der Waals surface area contributed by atoms with Crippen LogP contribution in [0.5, 0.6) is 0 Å². The molecule has 0 spiro atoms. The van der Waals surface area contributed by atoms with Crippen LogP contribution in [0.2, 0.25) is 0 Å². The smallest absolute Gasteiger partial charge is 0.277 e. The maximum absolute atomic E-state index is 5.57. The van der Waals surface area contributed by atoms with Gasteiger partial charge in [0.1, 0.15) is 10.7 Å². The van der Waals surface area contributed by atoms with Crippen molar-refractivity contribution in [3.05, 3.63) is 16.2 Å². The zero-order chi connectivity index (χ0) is 14.8. The molecule has 2 N–H and O–H groups in total. The zero-order valence-corrected chi connectivity index (χ0v) is 13.1. The number of thiazole rings is 1. The Morgan fingerprint density at radius 3 is 3.00 bits per heavy atom. The summed E-state index contributed by atoms with van der Waals surface area (Å²) in [5, 5.41) is 6.86. The highest BCUT2D eigenvalue weighted by molar-refractivity contribution is 7.09. The molecule has 1 aliphatic rings. The summed E-state index contributed by atoms with van der Waals surface area (Å²) >= 11 is 1.51. The number of hydrogen-bond acceptors (Lipinski definition) is 8. The molecule has 1 fully saturated rings. The molecule has 2 aromatic heterocycles. The van der Waals surface area contributed by atoms with E-state index < -0.39 is 0 Å². The van der Waals surface area contributed by atoms with Gasteiger partial charge in [0.25, 0.3) is 5.89 Å². The van der Waals surface area contributed by atoms with Crippen molar-refractivity contribution in [1.82, 2.24) is 24.9 Å². The van der Waals surface area contributed by atoms with E-state index in [4.69, 9.17) is 10.3 Å². The van der Waals surface area contributed by atoms with E-state index in [2.05, 4.69) is 39.0 Å². The largest absolute Gasteiger partial charge is 0.332 e. The molecule has 2 aromatic rings. The predicted molar refractivity (Wildman–Crippen MR) is 80.9 cm³/mol. The molecule has 114 valence electrons. The van der Waals surface area contributed by atoms with Crippen molar-refractivity contribution in [2.24, 2.45) is 5.73 Å². The monoisotopic (exact) mass is 308 g/mol. The predicted octanol–water partition coefficient (Wildman–Crippen LogP) is 0.440. The molecule has 1 aliphatic heterocycles. The van der Waals surface area contributed by atoms with Gasteiger partial charge in [0.2, 0.25) is 0 Å². The van der Waals surface area contributed by atoms with Crippen LogP contribution in [0.15, 0.2) is 9.90 Å². The van der Waals surface area contributed by atoms with E-state index in [0.29, 0.717) is 24.2 Å². The lowest BCUT2D eigenvalue weighted by molar-refractivity contribution is 0.113. The highest BCUT2D eigenvalue weighted by Gasteiger charge is 2.24. The molecule has 1 saturated heterocycles. The number of nitrogens with zero attached hydrogens (tertiary/aromatic N) is 5. The van der Waals surface area contributed by atoms with E-state index in [1.807, 2.05) is 5.38 Å².